The number of aliphatic hydroxyl groups is 1. The number of furan rings is 1. The molecule has 1 aliphatic rings. The number of carbonyl (C=O) groups excluding carboxylic acids is 1. The third-order valence-corrected chi connectivity index (χ3v) is 4.92. The van der Waals surface area contributed by atoms with Crippen LogP contribution >= 0.6 is 0 Å². The largest absolute Gasteiger partial charge is 0.472 e. The lowest BCUT2D eigenvalue weighted by Gasteiger charge is -2.32. The average molecular weight is 342 g/mol. The smallest absolute Gasteiger partial charge is 0.257 e. The van der Waals surface area contributed by atoms with E-state index in [1.54, 1.807) is 6.07 Å². The summed E-state index contributed by atoms with van der Waals surface area (Å²) >= 11 is 0. The molecule has 0 spiro atoms. The van der Waals surface area contributed by atoms with Crippen LogP contribution in [0.5, 0.6) is 0 Å². The molecule has 1 saturated heterocycles. The summed E-state index contributed by atoms with van der Waals surface area (Å²) in [6.45, 7) is 4.11. The summed E-state index contributed by atoms with van der Waals surface area (Å²) in [5.41, 5.74) is 2.83. The molecule has 3 rings (SSSR count). The van der Waals surface area contributed by atoms with E-state index in [1.165, 1.54) is 18.1 Å². The van der Waals surface area contributed by atoms with Gasteiger partial charge >= 0.3 is 0 Å². The lowest BCUT2D eigenvalue weighted by molar-refractivity contribution is 0.0697. The van der Waals surface area contributed by atoms with E-state index in [0.717, 1.165) is 37.9 Å². The van der Waals surface area contributed by atoms with Crippen LogP contribution in [0.2, 0.25) is 0 Å². The molecular formula is C20H26N2O3. The van der Waals surface area contributed by atoms with Crippen molar-refractivity contribution in [3.05, 3.63) is 59.5 Å². The van der Waals surface area contributed by atoms with Crippen molar-refractivity contribution in [1.82, 2.24) is 10.2 Å². The summed E-state index contributed by atoms with van der Waals surface area (Å²) in [7, 11) is 0. The molecule has 0 bridgehead atoms. The summed E-state index contributed by atoms with van der Waals surface area (Å²) in [5, 5.41) is 13.8. The molecule has 0 saturated carbocycles. The van der Waals surface area contributed by atoms with Gasteiger partial charge < -0.3 is 19.7 Å². The number of nitrogens with zero attached hydrogens (tertiary/aromatic N) is 1. The van der Waals surface area contributed by atoms with Gasteiger partial charge in [-0.3, -0.25) is 4.79 Å². The van der Waals surface area contributed by atoms with Crippen LogP contribution < -0.4 is 5.32 Å². The zero-order valence-corrected chi connectivity index (χ0v) is 14.6. The van der Waals surface area contributed by atoms with Crippen LogP contribution in [0.15, 0.2) is 47.3 Å². The minimum atomic E-state index is -0.503. The van der Waals surface area contributed by atoms with Crippen molar-refractivity contribution < 1.29 is 14.3 Å². The van der Waals surface area contributed by atoms with Gasteiger partial charge in [0.15, 0.2) is 0 Å². The predicted octanol–water partition coefficient (Wildman–Crippen LogP) is 2.77. The Labute approximate surface area is 148 Å². The van der Waals surface area contributed by atoms with Crippen LogP contribution in [0.1, 0.15) is 47.4 Å². The van der Waals surface area contributed by atoms with E-state index >= 15 is 0 Å². The fraction of sp³-hybridized carbons (Fsp3) is 0.450. The number of nitrogens with one attached hydrogen (secondary N) is 1. The van der Waals surface area contributed by atoms with Gasteiger partial charge in [0, 0.05) is 25.7 Å². The molecule has 1 amide bonds. The Morgan fingerprint density at radius 1 is 1.28 bits per heavy atom. The van der Waals surface area contributed by atoms with Gasteiger partial charge in [-0.15, -0.1) is 0 Å². The van der Waals surface area contributed by atoms with Crippen molar-refractivity contribution in [2.45, 2.75) is 38.3 Å². The van der Waals surface area contributed by atoms with Crippen molar-refractivity contribution in [2.75, 3.05) is 19.6 Å². The Kier molecular flexibility index (Phi) is 5.89. The van der Waals surface area contributed by atoms with Crippen LogP contribution in [-0.2, 0) is 6.42 Å². The fourth-order valence-electron chi connectivity index (χ4n) is 3.23. The fourth-order valence-corrected chi connectivity index (χ4v) is 3.23. The summed E-state index contributed by atoms with van der Waals surface area (Å²) in [6, 6.07) is 10.2. The van der Waals surface area contributed by atoms with Gasteiger partial charge in [-0.25, -0.2) is 0 Å². The van der Waals surface area contributed by atoms with Gasteiger partial charge in [0.25, 0.3) is 5.91 Å². The number of likely N-dealkylation sites (tertiary alicyclic amines) is 1. The molecule has 0 radical (unpaired) electrons. The Bertz CT molecular complexity index is 659. The zero-order valence-electron chi connectivity index (χ0n) is 14.6. The number of hydrogen-bond acceptors (Lipinski definition) is 4. The normalized spacial score (nSPS) is 16.8. The second kappa shape index (κ2) is 8.32. The molecule has 1 unspecified atom stereocenters. The first-order chi connectivity index (χ1) is 12.2. The van der Waals surface area contributed by atoms with Crippen molar-refractivity contribution in [3.8, 4) is 0 Å². The summed E-state index contributed by atoms with van der Waals surface area (Å²) in [6.07, 6.45) is 5.31. The molecule has 134 valence electrons. The minimum Gasteiger partial charge on any atom is -0.472 e. The predicted molar refractivity (Wildman–Crippen MR) is 96.4 cm³/mol. The number of rotatable bonds is 6. The van der Waals surface area contributed by atoms with E-state index in [4.69, 9.17) is 4.42 Å². The Hall–Kier alpha value is -2.11. The van der Waals surface area contributed by atoms with Crippen LogP contribution in [0.25, 0.3) is 0 Å². The number of carbonyl (C=O) groups is 1. The number of aryl methyl sites for hydroxylation is 1. The SMILES string of the molecule is CCc1ccc(C(O)CNC2CCN(C(=O)c3ccoc3)CC2)cc1. The van der Waals surface area contributed by atoms with Gasteiger partial charge in [0.1, 0.15) is 6.26 Å². The number of piperidine rings is 1. The van der Waals surface area contributed by atoms with E-state index in [0.29, 0.717) is 18.2 Å². The molecule has 2 aromatic rings. The van der Waals surface area contributed by atoms with Crippen molar-refractivity contribution >= 4 is 5.91 Å². The lowest BCUT2D eigenvalue weighted by atomic mass is 10.0. The molecule has 5 nitrogen and oxygen atoms in total. The Morgan fingerprint density at radius 2 is 2.00 bits per heavy atom. The first-order valence-corrected chi connectivity index (χ1v) is 8.99. The second-order valence-electron chi connectivity index (χ2n) is 6.60. The van der Waals surface area contributed by atoms with E-state index in [9.17, 15) is 9.90 Å². The quantitative estimate of drug-likeness (QED) is 0.847. The summed E-state index contributed by atoms with van der Waals surface area (Å²) in [4.78, 5) is 14.1. The van der Waals surface area contributed by atoms with Gasteiger partial charge in [-0.1, -0.05) is 31.2 Å². The topological polar surface area (TPSA) is 65.7 Å². The van der Waals surface area contributed by atoms with Crippen molar-refractivity contribution in [1.29, 1.82) is 0 Å². The van der Waals surface area contributed by atoms with Crippen LogP contribution in [0.4, 0.5) is 0 Å². The number of aliphatic hydroxyl groups excluding tert-OH is 1. The maximum atomic E-state index is 12.3. The van der Waals surface area contributed by atoms with Gasteiger partial charge in [0.05, 0.1) is 17.9 Å². The molecule has 2 N–H and O–H groups in total. The third kappa shape index (κ3) is 4.50. The van der Waals surface area contributed by atoms with Crippen molar-refractivity contribution in [2.24, 2.45) is 0 Å². The van der Waals surface area contributed by atoms with E-state index < -0.39 is 6.10 Å². The zero-order chi connectivity index (χ0) is 17.6. The molecule has 2 heterocycles. The summed E-state index contributed by atoms with van der Waals surface area (Å²) < 4.78 is 4.98. The van der Waals surface area contributed by atoms with E-state index in [1.807, 2.05) is 17.0 Å². The molecule has 5 heteroatoms. The Balaban J connectivity index is 1.43. The molecule has 1 atom stereocenters. The third-order valence-electron chi connectivity index (χ3n) is 4.92. The molecule has 1 aromatic heterocycles. The Morgan fingerprint density at radius 3 is 2.60 bits per heavy atom. The van der Waals surface area contributed by atoms with Crippen molar-refractivity contribution in [3.63, 3.8) is 0 Å². The number of hydrogen-bond donors (Lipinski definition) is 2. The average Bonchev–Trinajstić information content (AvgIpc) is 3.21. The van der Waals surface area contributed by atoms with E-state index in [2.05, 4.69) is 24.4 Å². The highest BCUT2D eigenvalue weighted by Gasteiger charge is 2.24. The highest BCUT2D eigenvalue weighted by molar-refractivity contribution is 5.93. The highest BCUT2D eigenvalue weighted by Crippen LogP contribution is 2.17. The lowest BCUT2D eigenvalue weighted by Crippen LogP contribution is -2.45. The van der Waals surface area contributed by atoms with Crippen LogP contribution in [0, 0.1) is 0 Å². The van der Waals surface area contributed by atoms with Gasteiger partial charge in [-0.05, 0) is 36.5 Å². The molecule has 1 aromatic carbocycles. The number of amides is 1. The summed E-state index contributed by atoms with van der Waals surface area (Å²) in [5.74, 6) is 0.0308. The van der Waals surface area contributed by atoms with Crippen LogP contribution in [-0.4, -0.2) is 41.6 Å². The maximum Gasteiger partial charge on any atom is 0.257 e. The molecule has 0 aliphatic carbocycles. The number of benzene rings is 1. The second-order valence-corrected chi connectivity index (χ2v) is 6.60. The standard InChI is InChI=1S/C20H26N2O3/c1-2-15-3-5-16(6-4-15)19(23)13-21-18-7-10-22(11-8-18)20(24)17-9-12-25-14-17/h3-6,9,12,14,18-19,21,23H,2,7-8,10-11,13H2,1H3. The molecular weight excluding hydrogens is 316 g/mol. The highest BCUT2D eigenvalue weighted by atomic mass is 16.3. The first-order valence-electron chi connectivity index (χ1n) is 8.99. The van der Waals surface area contributed by atoms with Gasteiger partial charge in [-0.2, -0.15) is 0 Å². The molecule has 1 aliphatic heterocycles. The van der Waals surface area contributed by atoms with Crippen LogP contribution in [0.3, 0.4) is 0 Å². The van der Waals surface area contributed by atoms with E-state index in [-0.39, 0.29) is 5.91 Å². The van der Waals surface area contributed by atoms with Gasteiger partial charge in [0.2, 0.25) is 0 Å². The molecule has 25 heavy (non-hydrogen) atoms. The molecule has 1 fully saturated rings. The monoisotopic (exact) mass is 342 g/mol. The maximum absolute atomic E-state index is 12.3. The first kappa shape index (κ1) is 17.7. The minimum absolute atomic E-state index is 0.0308.